The predicted molar refractivity (Wildman–Crippen MR) is 104 cm³/mol. The zero-order chi connectivity index (χ0) is 19.4. The van der Waals surface area contributed by atoms with E-state index in [1.165, 1.54) is 0 Å². The highest BCUT2D eigenvalue weighted by atomic mass is 32.1. The summed E-state index contributed by atoms with van der Waals surface area (Å²) in [7, 11) is 0. The van der Waals surface area contributed by atoms with E-state index in [2.05, 4.69) is 30.0 Å². The summed E-state index contributed by atoms with van der Waals surface area (Å²) in [5.41, 5.74) is 5.31. The molecule has 26 heavy (non-hydrogen) atoms. The van der Waals surface area contributed by atoms with Crippen LogP contribution < -0.4 is 20.9 Å². The lowest BCUT2D eigenvalue weighted by atomic mass is 10.1. The van der Waals surface area contributed by atoms with Crippen molar-refractivity contribution in [1.29, 1.82) is 0 Å². The van der Waals surface area contributed by atoms with Gasteiger partial charge in [-0.25, -0.2) is 0 Å². The van der Waals surface area contributed by atoms with Crippen molar-refractivity contribution < 1.29 is 19.1 Å². The van der Waals surface area contributed by atoms with Crippen molar-refractivity contribution in [2.75, 3.05) is 19.8 Å². The molecule has 0 spiro atoms. The van der Waals surface area contributed by atoms with Crippen LogP contribution in [0.3, 0.4) is 0 Å². The second kappa shape index (κ2) is 12.2. The number of hydrogen-bond donors (Lipinski definition) is 3. The molecule has 0 aliphatic heterocycles. The summed E-state index contributed by atoms with van der Waals surface area (Å²) in [5, 5.41) is 2.50. The lowest BCUT2D eigenvalue weighted by Crippen LogP contribution is -2.48. The molecule has 7 nitrogen and oxygen atoms in total. The van der Waals surface area contributed by atoms with Crippen LogP contribution in [-0.2, 0) is 9.53 Å². The minimum Gasteiger partial charge on any atom is -0.494 e. The SMILES string of the molecule is CCOCCC(=O)NNC(=S)NC(=O)c1ccc(OCCC(C)C)cc1. The molecular weight excluding hydrogens is 354 g/mol. The third-order valence-corrected chi connectivity index (χ3v) is 3.50. The van der Waals surface area contributed by atoms with Gasteiger partial charge in [0.25, 0.3) is 5.91 Å². The molecule has 0 aliphatic rings. The maximum absolute atomic E-state index is 12.1. The van der Waals surface area contributed by atoms with E-state index in [0.29, 0.717) is 37.1 Å². The topological polar surface area (TPSA) is 88.7 Å². The maximum Gasteiger partial charge on any atom is 0.257 e. The van der Waals surface area contributed by atoms with Crippen LogP contribution in [0.2, 0.25) is 0 Å². The Balaban J connectivity index is 2.35. The van der Waals surface area contributed by atoms with Crippen LogP contribution in [0.1, 0.15) is 44.0 Å². The maximum atomic E-state index is 12.1. The van der Waals surface area contributed by atoms with Gasteiger partial charge in [-0.05, 0) is 55.7 Å². The van der Waals surface area contributed by atoms with Crippen molar-refractivity contribution in [3.8, 4) is 5.75 Å². The number of ether oxygens (including phenoxy) is 2. The third kappa shape index (κ3) is 9.33. The van der Waals surface area contributed by atoms with Crippen LogP contribution in [0.5, 0.6) is 5.75 Å². The molecule has 0 radical (unpaired) electrons. The second-order valence-corrected chi connectivity index (χ2v) is 6.37. The number of amides is 2. The highest BCUT2D eigenvalue weighted by Crippen LogP contribution is 2.13. The van der Waals surface area contributed by atoms with Crippen LogP contribution in [-0.4, -0.2) is 36.7 Å². The van der Waals surface area contributed by atoms with Gasteiger partial charge in [0.2, 0.25) is 5.91 Å². The lowest BCUT2D eigenvalue weighted by Gasteiger charge is -2.11. The second-order valence-electron chi connectivity index (χ2n) is 5.96. The highest BCUT2D eigenvalue weighted by Gasteiger charge is 2.09. The van der Waals surface area contributed by atoms with Crippen LogP contribution in [0.15, 0.2) is 24.3 Å². The van der Waals surface area contributed by atoms with E-state index in [0.717, 1.165) is 6.42 Å². The molecule has 1 rings (SSSR count). The highest BCUT2D eigenvalue weighted by molar-refractivity contribution is 7.80. The lowest BCUT2D eigenvalue weighted by molar-refractivity contribution is -0.122. The van der Waals surface area contributed by atoms with Gasteiger partial charge in [0, 0.05) is 12.2 Å². The average molecular weight is 381 g/mol. The van der Waals surface area contributed by atoms with Gasteiger partial charge >= 0.3 is 0 Å². The van der Waals surface area contributed by atoms with Gasteiger partial charge in [-0.3, -0.25) is 25.8 Å². The molecule has 0 heterocycles. The normalized spacial score (nSPS) is 10.3. The van der Waals surface area contributed by atoms with E-state index in [9.17, 15) is 9.59 Å². The van der Waals surface area contributed by atoms with Crippen molar-refractivity contribution in [2.45, 2.75) is 33.6 Å². The Kier molecular flexibility index (Phi) is 10.3. The summed E-state index contributed by atoms with van der Waals surface area (Å²) < 4.78 is 10.7. The quantitative estimate of drug-likeness (QED) is 0.345. The molecule has 144 valence electrons. The Morgan fingerprint density at radius 2 is 1.81 bits per heavy atom. The summed E-state index contributed by atoms with van der Waals surface area (Å²) in [6.07, 6.45) is 1.17. The molecule has 0 saturated heterocycles. The van der Waals surface area contributed by atoms with Crippen LogP contribution in [0.4, 0.5) is 0 Å². The first-order valence-corrected chi connectivity index (χ1v) is 9.04. The fourth-order valence-electron chi connectivity index (χ4n) is 1.82. The summed E-state index contributed by atoms with van der Waals surface area (Å²) in [5.74, 6) is 0.635. The molecule has 0 aromatic heterocycles. The van der Waals surface area contributed by atoms with E-state index in [1.807, 2.05) is 6.92 Å². The minimum absolute atomic E-state index is 0.0111. The molecule has 0 fully saturated rings. The van der Waals surface area contributed by atoms with Crippen molar-refractivity contribution in [3.63, 3.8) is 0 Å². The Bertz CT molecular complexity index is 591. The summed E-state index contributed by atoms with van der Waals surface area (Å²) >= 11 is 4.98. The Morgan fingerprint density at radius 3 is 2.42 bits per heavy atom. The molecule has 1 aromatic rings. The number of carbonyl (C=O) groups is 2. The zero-order valence-corrected chi connectivity index (χ0v) is 16.3. The molecule has 0 aliphatic carbocycles. The number of hydrazine groups is 1. The average Bonchev–Trinajstić information content (AvgIpc) is 2.60. The van der Waals surface area contributed by atoms with Crippen LogP contribution in [0.25, 0.3) is 0 Å². The van der Waals surface area contributed by atoms with Gasteiger partial charge in [-0.15, -0.1) is 0 Å². The van der Waals surface area contributed by atoms with Crippen molar-refractivity contribution >= 4 is 29.1 Å². The Morgan fingerprint density at radius 1 is 1.12 bits per heavy atom. The molecule has 2 amide bonds. The first kappa shape index (κ1) is 21.9. The van der Waals surface area contributed by atoms with Crippen LogP contribution in [0, 0.1) is 5.92 Å². The van der Waals surface area contributed by atoms with E-state index >= 15 is 0 Å². The Labute approximate surface area is 159 Å². The minimum atomic E-state index is -0.375. The van der Waals surface area contributed by atoms with E-state index < -0.39 is 0 Å². The van der Waals surface area contributed by atoms with Crippen molar-refractivity contribution in [3.05, 3.63) is 29.8 Å². The molecule has 0 unspecified atom stereocenters. The van der Waals surface area contributed by atoms with E-state index in [-0.39, 0.29) is 23.3 Å². The third-order valence-electron chi connectivity index (χ3n) is 3.30. The first-order chi connectivity index (χ1) is 12.4. The fourth-order valence-corrected chi connectivity index (χ4v) is 1.96. The predicted octanol–water partition coefficient (Wildman–Crippen LogP) is 2.17. The number of rotatable bonds is 9. The molecule has 0 atom stereocenters. The standard InChI is InChI=1S/C18H27N3O4S/c1-4-24-11-10-16(22)20-21-18(26)19-17(23)14-5-7-15(8-6-14)25-12-9-13(2)3/h5-8,13H,4,9-12H2,1-3H3,(H,20,22)(H2,19,21,23,26). The van der Waals surface area contributed by atoms with E-state index in [1.54, 1.807) is 24.3 Å². The van der Waals surface area contributed by atoms with Crippen molar-refractivity contribution in [1.82, 2.24) is 16.2 Å². The van der Waals surface area contributed by atoms with Crippen LogP contribution >= 0.6 is 12.2 Å². The summed E-state index contributed by atoms with van der Waals surface area (Å²) in [6, 6.07) is 6.79. The summed E-state index contributed by atoms with van der Waals surface area (Å²) in [6.45, 7) is 7.64. The smallest absolute Gasteiger partial charge is 0.257 e. The van der Waals surface area contributed by atoms with Gasteiger partial charge in [0.1, 0.15) is 5.75 Å². The van der Waals surface area contributed by atoms with Gasteiger partial charge in [0.05, 0.1) is 19.6 Å². The Hall–Kier alpha value is -2.19. The van der Waals surface area contributed by atoms with Crippen molar-refractivity contribution in [2.24, 2.45) is 5.92 Å². The van der Waals surface area contributed by atoms with Gasteiger partial charge in [-0.2, -0.15) is 0 Å². The fraction of sp³-hybridized carbons (Fsp3) is 0.500. The summed E-state index contributed by atoms with van der Waals surface area (Å²) in [4.78, 5) is 23.6. The molecular formula is C18H27N3O4S. The number of carbonyl (C=O) groups excluding carboxylic acids is 2. The zero-order valence-electron chi connectivity index (χ0n) is 15.5. The van der Waals surface area contributed by atoms with E-state index in [4.69, 9.17) is 21.7 Å². The molecule has 0 bridgehead atoms. The van der Waals surface area contributed by atoms with Gasteiger partial charge < -0.3 is 9.47 Å². The largest absolute Gasteiger partial charge is 0.494 e. The molecule has 0 saturated carbocycles. The number of hydrogen-bond acceptors (Lipinski definition) is 5. The molecule has 1 aromatic carbocycles. The molecule has 3 N–H and O–H groups in total. The number of benzene rings is 1. The number of thiocarbonyl (C=S) groups is 1. The number of nitrogens with one attached hydrogen (secondary N) is 3. The first-order valence-electron chi connectivity index (χ1n) is 8.63. The monoisotopic (exact) mass is 381 g/mol. The van der Waals surface area contributed by atoms with Gasteiger partial charge in [0.15, 0.2) is 5.11 Å². The van der Waals surface area contributed by atoms with Gasteiger partial charge in [-0.1, -0.05) is 13.8 Å². The molecule has 8 heteroatoms.